The molecule has 0 N–H and O–H groups in total. The van der Waals surface area contributed by atoms with E-state index in [2.05, 4.69) is 61.0 Å². The minimum Gasteiger partial charge on any atom is -0.0701 e. The number of hydrogen-bond acceptors (Lipinski definition) is 0. The second-order valence-corrected chi connectivity index (χ2v) is 4.18. The van der Waals surface area contributed by atoms with Gasteiger partial charge in [0.1, 0.15) is 0 Å². The maximum Gasteiger partial charge on any atom is 0.0175 e. The minimum atomic E-state index is 1.13. The van der Waals surface area contributed by atoms with Crippen molar-refractivity contribution in [3.63, 3.8) is 0 Å². The Balaban J connectivity index is 3.02. The van der Waals surface area contributed by atoms with Crippen molar-refractivity contribution in [1.82, 2.24) is 0 Å². The van der Waals surface area contributed by atoms with Crippen LogP contribution in [0, 0.1) is 0 Å². The van der Waals surface area contributed by atoms with Gasteiger partial charge in [0.2, 0.25) is 0 Å². The van der Waals surface area contributed by atoms with E-state index in [0.717, 1.165) is 10.9 Å². The molecule has 1 aromatic carbocycles. The van der Waals surface area contributed by atoms with Gasteiger partial charge in [-0.05, 0) is 43.5 Å². The highest BCUT2D eigenvalue weighted by molar-refractivity contribution is 9.10. The fourth-order valence-corrected chi connectivity index (χ4v) is 1.48. The molecule has 13 heavy (non-hydrogen) atoms. The third kappa shape index (κ3) is 2.70. The second-order valence-electron chi connectivity index (χ2n) is 3.27. The summed E-state index contributed by atoms with van der Waals surface area (Å²) in [6, 6.07) is 8.47. The molecule has 0 saturated carbocycles. The fraction of sp³-hybridized carbons (Fsp3) is 0.333. The van der Waals surface area contributed by atoms with Crippen molar-refractivity contribution < 1.29 is 0 Å². The summed E-state index contributed by atoms with van der Waals surface area (Å²) in [5.74, 6) is 0. The van der Waals surface area contributed by atoms with Crippen molar-refractivity contribution in [2.75, 3.05) is 0 Å². The first kappa shape index (κ1) is 10.5. The van der Waals surface area contributed by atoms with Gasteiger partial charge in [-0.1, -0.05) is 40.6 Å². The average Bonchev–Trinajstić information content (AvgIpc) is 2.17. The molecule has 0 bridgehead atoms. The molecule has 0 amide bonds. The van der Waals surface area contributed by atoms with Crippen LogP contribution >= 0.6 is 15.9 Å². The van der Waals surface area contributed by atoms with Crippen molar-refractivity contribution >= 4 is 21.5 Å². The van der Waals surface area contributed by atoms with Crippen LogP contribution in [-0.4, -0.2) is 0 Å². The van der Waals surface area contributed by atoms with E-state index >= 15 is 0 Å². The summed E-state index contributed by atoms with van der Waals surface area (Å²) >= 11 is 3.43. The van der Waals surface area contributed by atoms with Crippen LogP contribution in [0.1, 0.15) is 32.8 Å². The number of halogens is 1. The SMILES string of the molecule is CC/C(C)=C(\C)c1ccc(Br)cc1. The van der Waals surface area contributed by atoms with E-state index in [-0.39, 0.29) is 0 Å². The molecule has 0 aliphatic heterocycles. The predicted octanol–water partition coefficient (Wildman–Crippen LogP) is 4.65. The van der Waals surface area contributed by atoms with Gasteiger partial charge in [-0.2, -0.15) is 0 Å². The molecule has 0 aliphatic rings. The standard InChI is InChI=1S/C12H15Br/c1-4-9(2)10(3)11-5-7-12(13)8-6-11/h5-8H,4H2,1-3H3/b10-9+. The molecule has 1 heteroatoms. The van der Waals surface area contributed by atoms with Gasteiger partial charge in [-0.25, -0.2) is 0 Å². The lowest BCUT2D eigenvalue weighted by atomic mass is 10.0. The molecule has 0 radical (unpaired) electrons. The Hall–Kier alpha value is -0.560. The fourth-order valence-electron chi connectivity index (χ4n) is 1.21. The summed E-state index contributed by atoms with van der Waals surface area (Å²) in [6.07, 6.45) is 1.13. The molecule has 1 rings (SSSR count). The topological polar surface area (TPSA) is 0 Å². The Morgan fingerprint density at radius 1 is 1.15 bits per heavy atom. The number of allylic oxidation sites excluding steroid dienone is 2. The maximum atomic E-state index is 3.43. The van der Waals surface area contributed by atoms with Crippen molar-refractivity contribution in [3.05, 3.63) is 39.9 Å². The maximum absolute atomic E-state index is 3.43. The van der Waals surface area contributed by atoms with E-state index in [1.807, 2.05) is 0 Å². The lowest BCUT2D eigenvalue weighted by molar-refractivity contribution is 1.10. The quantitative estimate of drug-likeness (QED) is 0.704. The largest absolute Gasteiger partial charge is 0.0701 e. The molecule has 0 aromatic heterocycles. The summed E-state index contributed by atoms with van der Waals surface area (Å²) in [5.41, 5.74) is 4.18. The minimum absolute atomic E-state index is 1.13. The van der Waals surface area contributed by atoms with E-state index in [0.29, 0.717) is 0 Å². The molecule has 0 fully saturated rings. The van der Waals surface area contributed by atoms with Crippen molar-refractivity contribution in [2.24, 2.45) is 0 Å². The second kappa shape index (κ2) is 4.61. The zero-order valence-electron chi connectivity index (χ0n) is 8.39. The van der Waals surface area contributed by atoms with Crippen LogP contribution in [0.25, 0.3) is 5.57 Å². The Morgan fingerprint density at radius 3 is 2.15 bits per heavy atom. The van der Waals surface area contributed by atoms with Gasteiger partial charge in [0.05, 0.1) is 0 Å². The molecule has 0 nitrogen and oxygen atoms in total. The molecule has 0 aliphatic carbocycles. The first-order chi connectivity index (χ1) is 6.15. The average molecular weight is 239 g/mol. The molecule has 0 atom stereocenters. The Kier molecular flexibility index (Phi) is 3.73. The highest BCUT2D eigenvalue weighted by Crippen LogP contribution is 2.21. The molecular formula is C12H15Br. The van der Waals surface area contributed by atoms with E-state index in [9.17, 15) is 0 Å². The summed E-state index contributed by atoms with van der Waals surface area (Å²) in [6.45, 7) is 6.57. The third-order valence-corrected chi connectivity index (χ3v) is 2.98. The Bertz CT molecular complexity index is 306. The van der Waals surface area contributed by atoms with Gasteiger partial charge in [0.25, 0.3) is 0 Å². The predicted molar refractivity (Wildman–Crippen MR) is 62.7 cm³/mol. The normalized spacial score (nSPS) is 12.6. The zero-order chi connectivity index (χ0) is 9.84. The van der Waals surface area contributed by atoms with E-state index in [4.69, 9.17) is 0 Å². The smallest absolute Gasteiger partial charge is 0.0175 e. The number of hydrogen-bond donors (Lipinski definition) is 0. The molecule has 0 saturated heterocycles. The van der Waals surface area contributed by atoms with Crippen LogP contribution in [0.2, 0.25) is 0 Å². The highest BCUT2D eigenvalue weighted by Gasteiger charge is 1.98. The van der Waals surface area contributed by atoms with Gasteiger partial charge in [-0.15, -0.1) is 0 Å². The lowest BCUT2D eigenvalue weighted by Crippen LogP contribution is -1.83. The van der Waals surface area contributed by atoms with Crippen LogP contribution in [0.15, 0.2) is 34.3 Å². The first-order valence-corrected chi connectivity index (χ1v) is 5.36. The molecule has 1 aromatic rings. The molecule has 70 valence electrons. The van der Waals surface area contributed by atoms with Crippen LogP contribution < -0.4 is 0 Å². The van der Waals surface area contributed by atoms with Gasteiger partial charge < -0.3 is 0 Å². The van der Waals surface area contributed by atoms with Crippen LogP contribution in [0.4, 0.5) is 0 Å². The van der Waals surface area contributed by atoms with Crippen molar-refractivity contribution in [3.8, 4) is 0 Å². The van der Waals surface area contributed by atoms with Gasteiger partial charge >= 0.3 is 0 Å². The van der Waals surface area contributed by atoms with Crippen LogP contribution in [0.5, 0.6) is 0 Å². The monoisotopic (exact) mass is 238 g/mol. The van der Waals surface area contributed by atoms with Crippen LogP contribution in [0.3, 0.4) is 0 Å². The first-order valence-electron chi connectivity index (χ1n) is 4.57. The molecular weight excluding hydrogens is 224 g/mol. The van der Waals surface area contributed by atoms with Gasteiger partial charge in [0.15, 0.2) is 0 Å². The highest BCUT2D eigenvalue weighted by atomic mass is 79.9. The molecule has 0 unspecified atom stereocenters. The van der Waals surface area contributed by atoms with Gasteiger partial charge in [0, 0.05) is 4.47 Å². The summed E-state index contributed by atoms with van der Waals surface area (Å²) < 4.78 is 1.14. The summed E-state index contributed by atoms with van der Waals surface area (Å²) in [4.78, 5) is 0. The van der Waals surface area contributed by atoms with E-state index < -0.39 is 0 Å². The number of rotatable bonds is 2. The molecule has 0 spiro atoms. The molecule has 0 heterocycles. The van der Waals surface area contributed by atoms with Crippen LogP contribution in [-0.2, 0) is 0 Å². The lowest BCUT2D eigenvalue weighted by Gasteiger charge is -2.05. The van der Waals surface area contributed by atoms with Crippen molar-refractivity contribution in [1.29, 1.82) is 0 Å². The Labute approximate surface area is 88.8 Å². The summed E-state index contributed by atoms with van der Waals surface area (Å²) in [7, 11) is 0. The number of benzene rings is 1. The van der Waals surface area contributed by atoms with Gasteiger partial charge in [-0.3, -0.25) is 0 Å². The Morgan fingerprint density at radius 2 is 1.69 bits per heavy atom. The van der Waals surface area contributed by atoms with Crippen molar-refractivity contribution in [2.45, 2.75) is 27.2 Å². The van der Waals surface area contributed by atoms with E-state index in [1.165, 1.54) is 16.7 Å². The zero-order valence-corrected chi connectivity index (χ0v) is 9.98. The third-order valence-electron chi connectivity index (χ3n) is 2.45. The summed E-state index contributed by atoms with van der Waals surface area (Å²) in [5, 5.41) is 0. The van der Waals surface area contributed by atoms with E-state index in [1.54, 1.807) is 0 Å².